The lowest BCUT2D eigenvalue weighted by Crippen LogP contribution is -2.27. The Morgan fingerprint density at radius 3 is 2.35 bits per heavy atom. The van der Waals surface area contributed by atoms with Gasteiger partial charge in [0.1, 0.15) is 9.88 Å². The van der Waals surface area contributed by atoms with Crippen LogP contribution in [0, 0.1) is 24.7 Å². The predicted molar refractivity (Wildman–Crippen MR) is 98.5 cm³/mol. The van der Waals surface area contributed by atoms with Gasteiger partial charge in [-0.2, -0.15) is 0 Å². The van der Waals surface area contributed by atoms with Crippen LogP contribution in [0.4, 0.5) is 5.00 Å². The molecule has 6 nitrogen and oxygen atoms in total. The summed E-state index contributed by atoms with van der Waals surface area (Å²) in [7, 11) is 0. The smallest absolute Gasteiger partial charge is 0.348 e. The molecule has 0 saturated heterocycles. The summed E-state index contributed by atoms with van der Waals surface area (Å²) >= 11 is 1.09. The van der Waals surface area contributed by atoms with Crippen LogP contribution in [-0.4, -0.2) is 31.1 Å². The number of rotatable bonds is 6. The first-order valence-corrected chi connectivity index (χ1v) is 10.1. The summed E-state index contributed by atoms with van der Waals surface area (Å²) in [6.07, 6.45) is 4.36. The Labute approximate surface area is 157 Å². The van der Waals surface area contributed by atoms with Gasteiger partial charge >= 0.3 is 11.9 Å². The Bertz CT molecular complexity index is 726. The van der Waals surface area contributed by atoms with Crippen molar-refractivity contribution in [1.82, 2.24) is 0 Å². The van der Waals surface area contributed by atoms with Crippen molar-refractivity contribution in [2.75, 3.05) is 18.5 Å². The lowest BCUT2D eigenvalue weighted by molar-refractivity contribution is -0.121. The summed E-state index contributed by atoms with van der Waals surface area (Å²) in [5.41, 5.74) is 0.756. The van der Waals surface area contributed by atoms with Crippen LogP contribution in [0.5, 0.6) is 0 Å². The van der Waals surface area contributed by atoms with Crippen LogP contribution in [0.15, 0.2) is 0 Å². The van der Waals surface area contributed by atoms with Crippen molar-refractivity contribution in [3.05, 3.63) is 16.0 Å². The highest BCUT2D eigenvalue weighted by atomic mass is 32.1. The molecule has 142 valence electrons. The number of nitrogens with one attached hydrogen (secondary N) is 1. The second-order valence-corrected chi connectivity index (χ2v) is 7.99. The maximum Gasteiger partial charge on any atom is 0.348 e. The van der Waals surface area contributed by atoms with Gasteiger partial charge in [0.25, 0.3) is 0 Å². The molecule has 3 rings (SSSR count). The molecule has 1 heterocycles. The molecule has 1 N–H and O–H groups in total. The van der Waals surface area contributed by atoms with Crippen LogP contribution in [-0.2, 0) is 14.3 Å². The number of ether oxygens (including phenoxy) is 2. The standard InChI is InChI=1S/C19H25NO5S/c1-4-24-18(22)14-10(3)15(19(23)25-5-2)26-17(14)20-16(21)13-9-11-6-7-12(13)8-11/h11-13H,4-9H2,1-3H3,(H,20,21)/t11-,12+,13-/m0/s1. The minimum absolute atomic E-state index is 0.00255. The number of thiophene rings is 1. The Morgan fingerprint density at radius 1 is 1.08 bits per heavy atom. The van der Waals surface area contributed by atoms with E-state index in [0.29, 0.717) is 27.3 Å². The van der Waals surface area contributed by atoms with E-state index in [4.69, 9.17) is 9.47 Å². The molecule has 2 saturated carbocycles. The molecule has 26 heavy (non-hydrogen) atoms. The topological polar surface area (TPSA) is 81.7 Å². The van der Waals surface area contributed by atoms with Gasteiger partial charge in [-0.15, -0.1) is 11.3 Å². The number of fused-ring (bicyclic) bond motifs is 2. The second-order valence-electron chi connectivity index (χ2n) is 6.97. The second kappa shape index (κ2) is 7.78. The Balaban J connectivity index is 1.86. The van der Waals surface area contributed by atoms with Crippen molar-refractivity contribution in [3.63, 3.8) is 0 Å². The van der Waals surface area contributed by atoms with E-state index in [2.05, 4.69) is 5.32 Å². The molecule has 0 spiro atoms. The average molecular weight is 379 g/mol. The molecule has 1 aromatic heterocycles. The molecule has 2 aliphatic rings. The minimum Gasteiger partial charge on any atom is -0.462 e. The van der Waals surface area contributed by atoms with E-state index in [1.54, 1.807) is 20.8 Å². The Hall–Kier alpha value is -1.89. The number of hydrogen-bond acceptors (Lipinski definition) is 6. The van der Waals surface area contributed by atoms with Crippen LogP contribution in [0.3, 0.4) is 0 Å². The van der Waals surface area contributed by atoms with Gasteiger partial charge in [-0.1, -0.05) is 6.42 Å². The van der Waals surface area contributed by atoms with Crippen molar-refractivity contribution in [1.29, 1.82) is 0 Å². The number of hydrogen-bond donors (Lipinski definition) is 1. The molecule has 0 aliphatic heterocycles. The third kappa shape index (κ3) is 3.49. The van der Waals surface area contributed by atoms with Gasteiger partial charge in [-0.05, 0) is 57.4 Å². The molecule has 0 unspecified atom stereocenters. The van der Waals surface area contributed by atoms with E-state index in [0.717, 1.165) is 30.6 Å². The molecular weight excluding hydrogens is 354 g/mol. The summed E-state index contributed by atoms with van der Waals surface area (Å²) in [6.45, 7) is 5.60. The molecule has 7 heteroatoms. The molecule has 3 atom stereocenters. The number of carbonyl (C=O) groups excluding carboxylic acids is 3. The Kier molecular flexibility index (Phi) is 5.65. The quantitative estimate of drug-likeness (QED) is 0.761. The van der Waals surface area contributed by atoms with Gasteiger partial charge in [-0.3, -0.25) is 4.79 Å². The molecule has 1 amide bonds. The Morgan fingerprint density at radius 2 is 1.77 bits per heavy atom. The minimum atomic E-state index is -0.528. The van der Waals surface area contributed by atoms with E-state index in [9.17, 15) is 14.4 Å². The molecule has 2 bridgehead atoms. The third-order valence-electron chi connectivity index (χ3n) is 5.40. The third-order valence-corrected chi connectivity index (χ3v) is 6.59. The van der Waals surface area contributed by atoms with Gasteiger partial charge in [0.2, 0.25) is 5.91 Å². The van der Waals surface area contributed by atoms with E-state index in [1.165, 1.54) is 6.42 Å². The monoisotopic (exact) mass is 379 g/mol. The van der Waals surface area contributed by atoms with E-state index < -0.39 is 11.9 Å². The predicted octanol–water partition coefficient (Wildman–Crippen LogP) is 3.78. The van der Waals surface area contributed by atoms with E-state index >= 15 is 0 Å². The van der Waals surface area contributed by atoms with Crippen molar-refractivity contribution in [2.24, 2.45) is 17.8 Å². The van der Waals surface area contributed by atoms with Crippen molar-refractivity contribution >= 4 is 34.2 Å². The summed E-state index contributed by atoms with van der Waals surface area (Å²) < 4.78 is 10.2. The van der Waals surface area contributed by atoms with Crippen LogP contribution in [0.1, 0.15) is 65.1 Å². The highest BCUT2D eigenvalue weighted by Crippen LogP contribution is 2.49. The van der Waals surface area contributed by atoms with Crippen LogP contribution in [0.25, 0.3) is 0 Å². The zero-order chi connectivity index (χ0) is 18.8. The highest BCUT2D eigenvalue weighted by Gasteiger charge is 2.43. The van der Waals surface area contributed by atoms with Crippen molar-refractivity contribution < 1.29 is 23.9 Å². The van der Waals surface area contributed by atoms with Crippen LogP contribution >= 0.6 is 11.3 Å². The average Bonchev–Trinajstić information content (AvgIpc) is 3.29. The number of carbonyl (C=O) groups is 3. The summed E-state index contributed by atoms with van der Waals surface area (Å²) in [4.78, 5) is 37.7. The number of anilines is 1. The van der Waals surface area contributed by atoms with Gasteiger partial charge < -0.3 is 14.8 Å². The van der Waals surface area contributed by atoms with Gasteiger partial charge in [0.05, 0.1) is 18.8 Å². The van der Waals surface area contributed by atoms with Gasteiger partial charge in [-0.25, -0.2) is 9.59 Å². The lowest BCUT2D eigenvalue weighted by Gasteiger charge is -2.20. The zero-order valence-electron chi connectivity index (χ0n) is 15.4. The first kappa shape index (κ1) is 18.9. The van der Waals surface area contributed by atoms with Crippen molar-refractivity contribution in [2.45, 2.75) is 46.5 Å². The number of esters is 2. The fraction of sp³-hybridized carbons (Fsp3) is 0.632. The fourth-order valence-corrected chi connectivity index (χ4v) is 5.30. The first-order chi connectivity index (χ1) is 12.5. The molecule has 2 aliphatic carbocycles. The summed E-state index contributed by atoms with van der Waals surface area (Å²) in [5, 5.41) is 3.29. The van der Waals surface area contributed by atoms with Crippen LogP contribution in [0.2, 0.25) is 0 Å². The number of amides is 1. The van der Waals surface area contributed by atoms with Gasteiger partial charge in [0.15, 0.2) is 0 Å². The normalized spacial score (nSPS) is 23.7. The first-order valence-electron chi connectivity index (χ1n) is 9.24. The van der Waals surface area contributed by atoms with E-state index in [-0.39, 0.29) is 30.6 Å². The van der Waals surface area contributed by atoms with E-state index in [1.807, 2.05) is 0 Å². The molecule has 2 fully saturated rings. The summed E-state index contributed by atoms with van der Waals surface area (Å²) in [5.74, 6) is 0.0229. The highest BCUT2D eigenvalue weighted by molar-refractivity contribution is 7.18. The van der Waals surface area contributed by atoms with Gasteiger partial charge in [0, 0.05) is 5.92 Å². The molecule has 1 aromatic rings. The SMILES string of the molecule is CCOC(=O)c1sc(NC(=O)[C@H]2C[C@H]3CC[C@@H]2C3)c(C(=O)OCC)c1C. The van der Waals surface area contributed by atoms with Crippen LogP contribution < -0.4 is 5.32 Å². The summed E-state index contributed by atoms with van der Waals surface area (Å²) in [6, 6.07) is 0. The maximum atomic E-state index is 12.8. The van der Waals surface area contributed by atoms with Crippen molar-refractivity contribution in [3.8, 4) is 0 Å². The fourth-order valence-electron chi connectivity index (χ4n) is 4.21. The maximum absolute atomic E-state index is 12.8. The lowest BCUT2D eigenvalue weighted by atomic mass is 9.88. The molecule has 0 radical (unpaired) electrons. The zero-order valence-corrected chi connectivity index (χ0v) is 16.2. The largest absolute Gasteiger partial charge is 0.462 e. The molecule has 0 aromatic carbocycles. The molecular formula is C19H25NO5S.